The van der Waals surface area contributed by atoms with E-state index in [1.165, 1.54) is 0 Å². The zero-order valence-electron chi connectivity index (χ0n) is 10.9. The Labute approximate surface area is 120 Å². The Balaban J connectivity index is 1.57. The summed E-state index contributed by atoms with van der Waals surface area (Å²) in [5, 5.41) is 11.0. The van der Waals surface area contributed by atoms with Crippen LogP contribution in [0.3, 0.4) is 0 Å². The molecule has 1 aromatic heterocycles. The van der Waals surface area contributed by atoms with E-state index in [1.54, 1.807) is 0 Å². The lowest BCUT2D eigenvalue weighted by atomic mass is 10.2. The van der Waals surface area contributed by atoms with Gasteiger partial charge in [0.1, 0.15) is 0 Å². The molecule has 0 bridgehead atoms. The smallest absolute Gasteiger partial charge is 0.320 e. The summed E-state index contributed by atoms with van der Waals surface area (Å²) in [7, 11) is 0. The second-order valence-electron chi connectivity index (χ2n) is 4.47. The zero-order valence-corrected chi connectivity index (χ0v) is 10.9. The standard InChI is InChI=1S/C15H11N3O3/c1-2-4-10(5-3-1)14-17-18-15(21-14)16-11-6-7-12-13(8-11)20-9-19-12/h1-8H,9H2,(H,16,18). The number of fused-ring (bicyclic) bond motifs is 1. The molecule has 0 radical (unpaired) electrons. The van der Waals surface area contributed by atoms with Gasteiger partial charge in [-0.25, -0.2) is 0 Å². The fourth-order valence-electron chi connectivity index (χ4n) is 2.07. The lowest BCUT2D eigenvalue weighted by Crippen LogP contribution is -1.93. The highest BCUT2D eigenvalue weighted by Gasteiger charge is 2.14. The molecular weight excluding hydrogens is 270 g/mol. The molecule has 104 valence electrons. The van der Waals surface area contributed by atoms with Crippen molar-refractivity contribution in [3.05, 3.63) is 48.5 Å². The first kappa shape index (κ1) is 11.8. The number of hydrogen-bond donors (Lipinski definition) is 1. The molecule has 0 spiro atoms. The normalized spacial score (nSPS) is 12.4. The van der Waals surface area contributed by atoms with Crippen molar-refractivity contribution in [2.24, 2.45) is 0 Å². The summed E-state index contributed by atoms with van der Waals surface area (Å²) in [6.07, 6.45) is 0. The maximum atomic E-state index is 5.59. The van der Waals surface area contributed by atoms with Crippen LogP contribution in [0.25, 0.3) is 11.5 Å². The number of benzene rings is 2. The van der Waals surface area contributed by atoms with Crippen LogP contribution in [-0.4, -0.2) is 17.0 Å². The minimum absolute atomic E-state index is 0.248. The van der Waals surface area contributed by atoms with E-state index >= 15 is 0 Å². The highest BCUT2D eigenvalue weighted by atomic mass is 16.7. The molecule has 1 aliphatic heterocycles. The van der Waals surface area contributed by atoms with Crippen molar-refractivity contribution in [3.63, 3.8) is 0 Å². The summed E-state index contributed by atoms with van der Waals surface area (Å²) in [5.74, 6) is 1.90. The van der Waals surface area contributed by atoms with Gasteiger partial charge < -0.3 is 19.2 Å². The summed E-state index contributed by atoms with van der Waals surface area (Å²) in [6, 6.07) is 15.5. The van der Waals surface area contributed by atoms with E-state index < -0.39 is 0 Å². The Morgan fingerprint density at radius 2 is 1.76 bits per heavy atom. The van der Waals surface area contributed by atoms with Crippen LogP contribution in [0.4, 0.5) is 11.7 Å². The van der Waals surface area contributed by atoms with Crippen molar-refractivity contribution < 1.29 is 13.9 Å². The van der Waals surface area contributed by atoms with Crippen LogP contribution in [0.2, 0.25) is 0 Å². The molecule has 3 aromatic rings. The van der Waals surface area contributed by atoms with Crippen molar-refractivity contribution in [1.29, 1.82) is 0 Å². The van der Waals surface area contributed by atoms with E-state index in [0.717, 1.165) is 17.0 Å². The van der Waals surface area contributed by atoms with Crippen LogP contribution in [0, 0.1) is 0 Å². The Hall–Kier alpha value is -3.02. The van der Waals surface area contributed by atoms with Crippen molar-refractivity contribution >= 4 is 11.7 Å². The molecule has 0 atom stereocenters. The summed E-state index contributed by atoms with van der Waals surface area (Å²) in [5.41, 5.74) is 1.67. The van der Waals surface area contributed by atoms with Crippen LogP contribution in [0.1, 0.15) is 0 Å². The van der Waals surface area contributed by atoms with Crippen LogP contribution in [0.15, 0.2) is 52.9 Å². The van der Waals surface area contributed by atoms with E-state index in [1.807, 2.05) is 48.5 Å². The monoisotopic (exact) mass is 281 g/mol. The average Bonchev–Trinajstić information content (AvgIpc) is 3.17. The van der Waals surface area contributed by atoms with Crippen molar-refractivity contribution in [1.82, 2.24) is 10.2 Å². The highest BCUT2D eigenvalue weighted by Crippen LogP contribution is 2.35. The Morgan fingerprint density at radius 1 is 0.905 bits per heavy atom. The van der Waals surface area contributed by atoms with Gasteiger partial charge in [-0.05, 0) is 24.3 Å². The first-order valence-electron chi connectivity index (χ1n) is 6.44. The lowest BCUT2D eigenvalue weighted by molar-refractivity contribution is 0.174. The van der Waals surface area contributed by atoms with Crippen molar-refractivity contribution in [2.45, 2.75) is 0 Å². The largest absolute Gasteiger partial charge is 0.454 e. The first-order valence-corrected chi connectivity index (χ1v) is 6.44. The predicted molar refractivity (Wildman–Crippen MR) is 75.6 cm³/mol. The van der Waals surface area contributed by atoms with Crippen LogP contribution in [0.5, 0.6) is 11.5 Å². The maximum Gasteiger partial charge on any atom is 0.320 e. The second kappa shape index (κ2) is 4.82. The summed E-state index contributed by atoms with van der Waals surface area (Å²) < 4.78 is 16.2. The SMILES string of the molecule is c1ccc(-c2nnc(Nc3ccc4c(c3)OCO4)o2)cc1. The predicted octanol–water partition coefficient (Wildman–Crippen LogP) is 3.21. The van der Waals surface area contributed by atoms with Gasteiger partial charge in [0.15, 0.2) is 11.5 Å². The van der Waals surface area contributed by atoms with Crippen molar-refractivity contribution in [2.75, 3.05) is 12.1 Å². The van der Waals surface area contributed by atoms with Gasteiger partial charge in [0.25, 0.3) is 0 Å². The average molecular weight is 281 g/mol. The molecule has 0 aliphatic carbocycles. The fourth-order valence-corrected chi connectivity index (χ4v) is 2.07. The van der Waals surface area contributed by atoms with Gasteiger partial charge in [0.05, 0.1) is 0 Å². The van der Waals surface area contributed by atoms with Crippen molar-refractivity contribution in [3.8, 4) is 23.0 Å². The van der Waals surface area contributed by atoms with Gasteiger partial charge in [-0.3, -0.25) is 0 Å². The molecule has 0 saturated heterocycles. The number of anilines is 2. The molecular formula is C15H11N3O3. The highest BCUT2D eigenvalue weighted by molar-refractivity contribution is 5.60. The molecule has 6 heteroatoms. The summed E-state index contributed by atoms with van der Waals surface area (Å²) in [6.45, 7) is 0.248. The number of nitrogens with one attached hydrogen (secondary N) is 1. The van der Waals surface area contributed by atoms with Gasteiger partial charge in [-0.2, -0.15) is 0 Å². The molecule has 21 heavy (non-hydrogen) atoms. The number of rotatable bonds is 3. The number of nitrogens with zero attached hydrogens (tertiary/aromatic N) is 2. The maximum absolute atomic E-state index is 5.59. The Kier molecular flexibility index (Phi) is 2.71. The van der Waals surface area contributed by atoms with Crippen LogP contribution < -0.4 is 14.8 Å². The van der Waals surface area contributed by atoms with Gasteiger partial charge in [0.2, 0.25) is 12.7 Å². The number of ether oxygens (including phenoxy) is 2. The van der Waals surface area contributed by atoms with Gasteiger partial charge in [-0.15, -0.1) is 5.10 Å². The molecule has 4 rings (SSSR count). The van der Waals surface area contributed by atoms with E-state index in [-0.39, 0.29) is 6.79 Å². The third-order valence-corrected chi connectivity index (χ3v) is 3.07. The molecule has 6 nitrogen and oxygen atoms in total. The van der Waals surface area contributed by atoms with E-state index in [4.69, 9.17) is 13.9 Å². The minimum Gasteiger partial charge on any atom is -0.454 e. The van der Waals surface area contributed by atoms with E-state index in [0.29, 0.717) is 17.7 Å². The van der Waals surface area contributed by atoms with Gasteiger partial charge in [0, 0.05) is 17.3 Å². The second-order valence-corrected chi connectivity index (χ2v) is 4.47. The molecule has 0 amide bonds. The van der Waals surface area contributed by atoms with E-state index in [2.05, 4.69) is 15.5 Å². The quantitative estimate of drug-likeness (QED) is 0.795. The van der Waals surface area contributed by atoms with Crippen LogP contribution in [-0.2, 0) is 0 Å². The van der Waals surface area contributed by atoms with Gasteiger partial charge in [-0.1, -0.05) is 23.3 Å². The fraction of sp³-hybridized carbons (Fsp3) is 0.0667. The molecule has 0 unspecified atom stereocenters. The Bertz CT molecular complexity index is 771. The molecule has 2 aromatic carbocycles. The molecule has 2 heterocycles. The topological polar surface area (TPSA) is 69.4 Å². The molecule has 1 aliphatic rings. The first-order chi connectivity index (χ1) is 10.4. The molecule has 1 N–H and O–H groups in total. The number of hydrogen-bond acceptors (Lipinski definition) is 6. The molecule has 0 fully saturated rings. The van der Waals surface area contributed by atoms with E-state index in [9.17, 15) is 0 Å². The lowest BCUT2D eigenvalue weighted by Gasteiger charge is -2.02. The number of aromatic nitrogens is 2. The third-order valence-electron chi connectivity index (χ3n) is 3.07. The van der Waals surface area contributed by atoms with Crippen LogP contribution >= 0.6 is 0 Å². The van der Waals surface area contributed by atoms with Gasteiger partial charge >= 0.3 is 6.01 Å². The Morgan fingerprint density at radius 3 is 2.67 bits per heavy atom. The zero-order chi connectivity index (χ0) is 14.1. The summed E-state index contributed by atoms with van der Waals surface area (Å²) >= 11 is 0. The molecule has 0 saturated carbocycles. The minimum atomic E-state index is 0.248. The summed E-state index contributed by atoms with van der Waals surface area (Å²) in [4.78, 5) is 0. The third kappa shape index (κ3) is 2.27.